The van der Waals surface area contributed by atoms with Crippen LogP contribution in [0.25, 0.3) is 10.6 Å². The summed E-state index contributed by atoms with van der Waals surface area (Å²) in [7, 11) is 1.70. The Labute approximate surface area is 134 Å². The Morgan fingerprint density at radius 2 is 1.95 bits per heavy atom. The second kappa shape index (κ2) is 6.87. The lowest BCUT2D eigenvalue weighted by molar-refractivity contribution is -0.125. The molecule has 1 fully saturated rings. The van der Waals surface area contributed by atoms with Crippen molar-refractivity contribution in [3.63, 3.8) is 0 Å². The zero-order valence-electron chi connectivity index (χ0n) is 12.6. The number of hydrogen-bond donors (Lipinski definition) is 2. The molecule has 116 valence electrons. The van der Waals surface area contributed by atoms with Crippen molar-refractivity contribution in [2.75, 3.05) is 12.4 Å². The van der Waals surface area contributed by atoms with Crippen LogP contribution in [-0.2, 0) is 4.79 Å². The zero-order valence-corrected chi connectivity index (χ0v) is 13.4. The van der Waals surface area contributed by atoms with E-state index in [1.807, 2.05) is 30.3 Å². The van der Waals surface area contributed by atoms with E-state index in [0.717, 1.165) is 41.4 Å². The van der Waals surface area contributed by atoms with Crippen molar-refractivity contribution in [1.29, 1.82) is 0 Å². The van der Waals surface area contributed by atoms with Crippen molar-refractivity contribution >= 4 is 22.4 Å². The van der Waals surface area contributed by atoms with Crippen LogP contribution in [0.1, 0.15) is 25.7 Å². The van der Waals surface area contributed by atoms with Crippen LogP contribution in [-0.4, -0.2) is 29.2 Å². The van der Waals surface area contributed by atoms with Crippen LogP contribution in [0, 0.1) is 5.92 Å². The minimum Gasteiger partial charge on any atom is -0.359 e. The van der Waals surface area contributed by atoms with Gasteiger partial charge in [-0.2, -0.15) is 0 Å². The van der Waals surface area contributed by atoms with E-state index in [0.29, 0.717) is 0 Å². The number of carbonyl (C=O) groups excluding carboxylic acids is 1. The molecule has 22 heavy (non-hydrogen) atoms. The summed E-state index contributed by atoms with van der Waals surface area (Å²) in [5, 5.41) is 16.4. The fourth-order valence-corrected chi connectivity index (χ4v) is 3.75. The van der Waals surface area contributed by atoms with Gasteiger partial charge in [-0.05, 0) is 12.8 Å². The van der Waals surface area contributed by atoms with Gasteiger partial charge in [0.2, 0.25) is 11.0 Å². The fourth-order valence-electron chi connectivity index (χ4n) is 2.94. The van der Waals surface area contributed by atoms with Gasteiger partial charge in [0.15, 0.2) is 0 Å². The first-order valence-electron chi connectivity index (χ1n) is 7.65. The fraction of sp³-hybridized carbons (Fsp3) is 0.438. The molecule has 2 atom stereocenters. The van der Waals surface area contributed by atoms with Gasteiger partial charge in [0.25, 0.3) is 0 Å². The van der Waals surface area contributed by atoms with Gasteiger partial charge in [0.05, 0.1) is 5.92 Å². The first kappa shape index (κ1) is 15.0. The van der Waals surface area contributed by atoms with Crippen molar-refractivity contribution in [3.8, 4) is 10.6 Å². The summed E-state index contributed by atoms with van der Waals surface area (Å²) in [6.45, 7) is 0. The maximum Gasteiger partial charge on any atom is 0.224 e. The van der Waals surface area contributed by atoms with Crippen molar-refractivity contribution in [3.05, 3.63) is 30.3 Å². The van der Waals surface area contributed by atoms with E-state index < -0.39 is 0 Å². The molecule has 1 aliphatic carbocycles. The van der Waals surface area contributed by atoms with Crippen LogP contribution in [0.2, 0.25) is 0 Å². The molecule has 1 heterocycles. The summed E-state index contributed by atoms with van der Waals surface area (Å²) >= 11 is 1.54. The highest BCUT2D eigenvalue weighted by Gasteiger charge is 2.30. The molecule has 0 saturated heterocycles. The normalized spacial score (nSPS) is 21.3. The van der Waals surface area contributed by atoms with Gasteiger partial charge < -0.3 is 10.6 Å². The molecule has 0 bridgehead atoms. The Bertz CT molecular complexity index is 628. The van der Waals surface area contributed by atoms with E-state index >= 15 is 0 Å². The smallest absolute Gasteiger partial charge is 0.224 e. The first-order chi connectivity index (χ1) is 10.8. The Balaban J connectivity index is 1.72. The predicted molar refractivity (Wildman–Crippen MR) is 88.8 cm³/mol. The third-order valence-electron chi connectivity index (χ3n) is 4.10. The second-order valence-corrected chi connectivity index (χ2v) is 6.51. The number of amides is 1. The Hall–Kier alpha value is -1.95. The first-order valence-corrected chi connectivity index (χ1v) is 8.46. The summed E-state index contributed by atoms with van der Waals surface area (Å²) in [6, 6.07) is 10.2. The molecule has 1 saturated carbocycles. The molecular formula is C16H20N4OS. The standard InChI is InChI=1S/C16H20N4OS/c1-17-14(21)12-9-5-6-10-13(12)18-16-20-19-15(22-16)11-7-3-2-4-8-11/h2-4,7-8,12-13H,5-6,9-10H2,1H3,(H,17,21)(H,18,20)/t12-,13+/m1/s1. The molecule has 0 unspecified atom stereocenters. The highest BCUT2D eigenvalue weighted by molar-refractivity contribution is 7.18. The van der Waals surface area contributed by atoms with Gasteiger partial charge in [-0.25, -0.2) is 0 Å². The highest BCUT2D eigenvalue weighted by Crippen LogP contribution is 2.31. The van der Waals surface area contributed by atoms with Crippen LogP contribution in [0.15, 0.2) is 30.3 Å². The van der Waals surface area contributed by atoms with Crippen LogP contribution in [0.3, 0.4) is 0 Å². The number of hydrogen-bond acceptors (Lipinski definition) is 5. The van der Waals surface area contributed by atoms with Crippen molar-refractivity contribution in [1.82, 2.24) is 15.5 Å². The number of aromatic nitrogens is 2. The number of benzene rings is 1. The van der Waals surface area contributed by atoms with Crippen molar-refractivity contribution in [2.45, 2.75) is 31.7 Å². The molecule has 1 aliphatic rings. The summed E-state index contributed by atoms with van der Waals surface area (Å²) in [5.41, 5.74) is 1.07. The average Bonchev–Trinajstić information content (AvgIpc) is 3.04. The van der Waals surface area contributed by atoms with Crippen molar-refractivity contribution < 1.29 is 4.79 Å². The molecule has 6 heteroatoms. The summed E-state index contributed by atoms with van der Waals surface area (Å²) < 4.78 is 0. The number of anilines is 1. The lowest BCUT2D eigenvalue weighted by Gasteiger charge is -2.30. The minimum atomic E-state index is 0.0165. The molecule has 1 amide bonds. The van der Waals surface area contributed by atoms with E-state index in [1.54, 1.807) is 7.05 Å². The largest absolute Gasteiger partial charge is 0.359 e. The number of carbonyl (C=O) groups is 1. The van der Waals surface area contributed by atoms with E-state index in [9.17, 15) is 4.79 Å². The van der Waals surface area contributed by atoms with Gasteiger partial charge in [0, 0.05) is 18.7 Å². The third kappa shape index (κ3) is 3.27. The van der Waals surface area contributed by atoms with E-state index in [2.05, 4.69) is 20.8 Å². The SMILES string of the molecule is CNC(=O)[C@@H]1CCCC[C@@H]1Nc1nnc(-c2ccccc2)s1. The van der Waals surface area contributed by atoms with Crippen molar-refractivity contribution in [2.24, 2.45) is 5.92 Å². The monoisotopic (exact) mass is 316 g/mol. The van der Waals surface area contributed by atoms with E-state index in [1.165, 1.54) is 11.3 Å². The van der Waals surface area contributed by atoms with Gasteiger partial charge >= 0.3 is 0 Å². The highest BCUT2D eigenvalue weighted by atomic mass is 32.1. The molecule has 1 aromatic carbocycles. The third-order valence-corrected chi connectivity index (χ3v) is 5.01. The van der Waals surface area contributed by atoms with Crippen LogP contribution in [0.5, 0.6) is 0 Å². The van der Waals surface area contributed by atoms with Gasteiger partial charge in [-0.3, -0.25) is 4.79 Å². The van der Waals surface area contributed by atoms with Crippen LogP contribution in [0.4, 0.5) is 5.13 Å². The van der Waals surface area contributed by atoms with Gasteiger partial charge in [-0.1, -0.05) is 54.5 Å². The Morgan fingerprint density at radius 3 is 2.73 bits per heavy atom. The predicted octanol–water partition coefficient (Wildman–Crippen LogP) is 2.92. The van der Waals surface area contributed by atoms with E-state index in [4.69, 9.17) is 0 Å². The Kier molecular flexibility index (Phi) is 4.68. The summed E-state index contributed by atoms with van der Waals surface area (Å²) in [5.74, 6) is 0.132. The van der Waals surface area contributed by atoms with Gasteiger partial charge in [0.1, 0.15) is 5.01 Å². The number of rotatable bonds is 4. The molecule has 2 N–H and O–H groups in total. The quantitative estimate of drug-likeness (QED) is 0.910. The van der Waals surface area contributed by atoms with Crippen LogP contribution >= 0.6 is 11.3 Å². The second-order valence-electron chi connectivity index (χ2n) is 5.53. The topological polar surface area (TPSA) is 66.9 Å². The van der Waals surface area contributed by atoms with Crippen LogP contribution < -0.4 is 10.6 Å². The molecule has 1 aromatic heterocycles. The molecule has 0 spiro atoms. The maximum atomic E-state index is 12.0. The zero-order chi connectivity index (χ0) is 15.4. The molecule has 5 nitrogen and oxygen atoms in total. The summed E-state index contributed by atoms with van der Waals surface area (Å²) in [4.78, 5) is 12.0. The molecule has 3 rings (SSSR count). The van der Waals surface area contributed by atoms with E-state index in [-0.39, 0.29) is 17.9 Å². The summed E-state index contributed by atoms with van der Waals surface area (Å²) in [6.07, 6.45) is 4.19. The lowest BCUT2D eigenvalue weighted by atomic mass is 9.84. The Morgan fingerprint density at radius 1 is 1.18 bits per heavy atom. The van der Waals surface area contributed by atoms with Gasteiger partial charge in [-0.15, -0.1) is 10.2 Å². The maximum absolute atomic E-state index is 12.0. The molecule has 0 radical (unpaired) electrons. The number of nitrogens with one attached hydrogen (secondary N) is 2. The number of nitrogens with zero attached hydrogens (tertiary/aromatic N) is 2. The average molecular weight is 316 g/mol. The molecular weight excluding hydrogens is 296 g/mol. The molecule has 0 aliphatic heterocycles. The minimum absolute atomic E-state index is 0.0165. The molecule has 2 aromatic rings. The lowest BCUT2D eigenvalue weighted by Crippen LogP contribution is -2.41.